The van der Waals surface area contributed by atoms with E-state index in [9.17, 15) is 4.79 Å². The van der Waals surface area contributed by atoms with Gasteiger partial charge in [0.05, 0.1) is 6.10 Å². The highest BCUT2D eigenvalue weighted by Crippen LogP contribution is 2.23. The fraction of sp³-hybridized carbons (Fsp3) is 0.421. The van der Waals surface area contributed by atoms with Gasteiger partial charge in [-0.1, -0.05) is 29.8 Å². The maximum Gasteiger partial charge on any atom is 0.220 e. The van der Waals surface area contributed by atoms with Crippen molar-refractivity contribution in [1.82, 2.24) is 5.32 Å². The third-order valence-corrected chi connectivity index (χ3v) is 4.15. The molecule has 2 aromatic rings. The Balaban J connectivity index is 1.47. The molecule has 3 rings (SSSR count). The summed E-state index contributed by atoms with van der Waals surface area (Å²) in [6, 6.07) is 12.1. The molecule has 1 atom stereocenters. The molecule has 1 aromatic heterocycles. The zero-order valence-corrected chi connectivity index (χ0v) is 13.5. The number of benzene rings is 1. The van der Waals surface area contributed by atoms with Crippen molar-refractivity contribution < 1.29 is 13.9 Å². The van der Waals surface area contributed by atoms with Crippen molar-refractivity contribution in [2.75, 3.05) is 13.2 Å². The van der Waals surface area contributed by atoms with Gasteiger partial charge >= 0.3 is 0 Å². The van der Waals surface area contributed by atoms with Gasteiger partial charge in [-0.15, -0.1) is 0 Å². The molecule has 23 heavy (non-hydrogen) atoms. The molecule has 1 saturated heterocycles. The van der Waals surface area contributed by atoms with Crippen LogP contribution in [0.25, 0.3) is 11.3 Å². The summed E-state index contributed by atoms with van der Waals surface area (Å²) in [6.07, 6.45) is 3.37. The molecule has 4 nitrogen and oxygen atoms in total. The minimum atomic E-state index is 0.0498. The quantitative estimate of drug-likeness (QED) is 0.888. The molecule has 1 aliphatic heterocycles. The molecular formula is C19H23NO3. The predicted molar refractivity (Wildman–Crippen MR) is 89.2 cm³/mol. The van der Waals surface area contributed by atoms with Gasteiger partial charge in [-0.3, -0.25) is 4.79 Å². The highest BCUT2D eigenvalue weighted by molar-refractivity contribution is 5.76. The summed E-state index contributed by atoms with van der Waals surface area (Å²) in [5.41, 5.74) is 2.29. The Bertz CT molecular complexity index is 639. The van der Waals surface area contributed by atoms with Crippen molar-refractivity contribution in [3.63, 3.8) is 0 Å². The fourth-order valence-electron chi connectivity index (χ4n) is 2.74. The lowest BCUT2D eigenvalue weighted by atomic mass is 10.1. The van der Waals surface area contributed by atoms with Crippen LogP contribution in [0, 0.1) is 6.92 Å². The van der Waals surface area contributed by atoms with Crippen LogP contribution in [0.3, 0.4) is 0 Å². The number of carbonyl (C=O) groups is 1. The third-order valence-electron chi connectivity index (χ3n) is 4.15. The molecule has 0 bridgehead atoms. The van der Waals surface area contributed by atoms with Crippen LogP contribution in [0.1, 0.15) is 30.6 Å². The number of amides is 1. The summed E-state index contributed by atoms with van der Waals surface area (Å²) in [4.78, 5) is 11.9. The van der Waals surface area contributed by atoms with E-state index in [4.69, 9.17) is 9.15 Å². The average Bonchev–Trinajstić information content (AvgIpc) is 3.23. The second kappa shape index (κ2) is 7.47. The molecule has 0 saturated carbocycles. The molecule has 122 valence electrons. The van der Waals surface area contributed by atoms with E-state index < -0.39 is 0 Å². The average molecular weight is 313 g/mol. The number of aryl methyl sites for hydroxylation is 2. The van der Waals surface area contributed by atoms with Crippen LogP contribution in [-0.2, 0) is 16.0 Å². The number of nitrogens with one attached hydrogen (secondary N) is 1. The normalized spacial score (nSPS) is 17.3. The molecule has 0 aliphatic carbocycles. The third kappa shape index (κ3) is 4.45. The van der Waals surface area contributed by atoms with Crippen LogP contribution in [0.2, 0.25) is 0 Å². The minimum absolute atomic E-state index is 0.0498. The highest BCUT2D eigenvalue weighted by atomic mass is 16.5. The van der Waals surface area contributed by atoms with E-state index in [1.807, 2.05) is 24.3 Å². The molecule has 1 N–H and O–H groups in total. The lowest BCUT2D eigenvalue weighted by Crippen LogP contribution is -2.31. The predicted octanol–water partition coefficient (Wildman–Crippen LogP) is 3.48. The molecule has 0 radical (unpaired) electrons. The van der Waals surface area contributed by atoms with E-state index in [-0.39, 0.29) is 12.0 Å². The zero-order chi connectivity index (χ0) is 16.1. The summed E-state index contributed by atoms with van der Waals surface area (Å²) in [6.45, 7) is 3.49. The number of hydrogen-bond donors (Lipinski definition) is 1. The summed E-state index contributed by atoms with van der Waals surface area (Å²) in [5.74, 6) is 1.74. The van der Waals surface area contributed by atoms with Gasteiger partial charge in [0.15, 0.2) is 0 Å². The van der Waals surface area contributed by atoms with Gasteiger partial charge in [0.2, 0.25) is 5.91 Å². The maximum atomic E-state index is 11.9. The molecule has 1 fully saturated rings. The second-order valence-corrected chi connectivity index (χ2v) is 6.07. The van der Waals surface area contributed by atoms with Gasteiger partial charge in [0, 0.05) is 31.6 Å². The summed E-state index contributed by atoms with van der Waals surface area (Å²) in [7, 11) is 0. The van der Waals surface area contributed by atoms with Crippen molar-refractivity contribution >= 4 is 5.91 Å². The lowest BCUT2D eigenvalue weighted by Gasteiger charge is -2.10. The topological polar surface area (TPSA) is 51.5 Å². The fourth-order valence-corrected chi connectivity index (χ4v) is 2.74. The van der Waals surface area contributed by atoms with E-state index in [2.05, 4.69) is 24.4 Å². The van der Waals surface area contributed by atoms with E-state index in [0.717, 1.165) is 36.5 Å². The maximum absolute atomic E-state index is 11.9. The van der Waals surface area contributed by atoms with Crippen LogP contribution in [0.4, 0.5) is 0 Å². The number of ether oxygens (including phenoxy) is 1. The molecule has 1 aromatic carbocycles. The van der Waals surface area contributed by atoms with E-state index in [1.54, 1.807) is 0 Å². The molecule has 1 amide bonds. The lowest BCUT2D eigenvalue weighted by molar-refractivity contribution is -0.121. The Hall–Kier alpha value is -2.07. The van der Waals surface area contributed by atoms with Crippen molar-refractivity contribution in [2.24, 2.45) is 0 Å². The first-order chi connectivity index (χ1) is 11.2. The molecular weight excluding hydrogens is 290 g/mol. The van der Waals surface area contributed by atoms with Crippen LogP contribution in [0.5, 0.6) is 0 Å². The van der Waals surface area contributed by atoms with Crippen LogP contribution < -0.4 is 5.32 Å². The highest BCUT2D eigenvalue weighted by Gasteiger charge is 2.16. The van der Waals surface area contributed by atoms with Gasteiger partial charge in [0.1, 0.15) is 11.5 Å². The number of furan rings is 1. The Labute approximate surface area is 136 Å². The minimum Gasteiger partial charge on any atom is -0.461 e. The SMILES string of the molecule is Cc1ccc(-c2ccc(CCC(=O)NC[C@@H]3CCCO3)o2)cc1. The Morgan fingerprint density at radius 1 is 1.22 bits per heavy atom. The second-order valence-electron chi connectivity index (χ2n) is 6.07. The van der Waals surface area contributed by atoms with Crippen LogP contribution >= 0.6 is 0 Å². The van der Waals surface area contributed by atoms with Gasteiger partial charge in [-0.2, -0.15) is 0 Å². The van der Waals surface area contributed by atoms with E-state index in [0.29, 0.717) is 19.4 Å². The zero-order valence-electron chi connectivity index (χ0n) is 13.5. The largest absolute Gasteiger partial charge is 0.461 e. The first-order valence-electron chi connectivity index (χ1n) is 8.25. The number of rotatable bonds is 6. The van der Waals surface area contributed by atoms with Gasteiger partial charge in [-0.25, -0.2) is 0 Å². The summed E-state index contributed by atoms with van der Waals surface area (Å²) >= 11 is 0. The van der Waals surface area contributed by atoms with Crippen molar-refractivity contribution in [2.45, 2.75) is 38.7 Å². The van der Waals surface area contributed by atoms with E-state index >= 15 is 0 Å². The van der Waals surface area contributed by atoms with E-state index in [1.165, 1.54) is 5.56 Å². The van der Waals surface area contributed by atoms with Gasteiger partial charge < -0.3 is 14.5 Å². The summed E-state index contributed by atoms with van der Waals surface area (Å²) in [5, 5.41) is 2.93. The van der Waals surface area contributed by atoms with Crippen molar-refractivity contribution in [3.8, 4) is 11.3 Å². The molecule has 0 spiro atoms. The molecule has 0 unspecified atom stereocenters. The standard InChI is InChI=1S/C19H23NO3/c1-14-4-6-15(7-5-14)18-10-8-16(23-18)9-11-19(21)20-13-17-3-2-12-22-17/h4-8,10,17H,2-3,9,11-13H2,1H3,(H,20,21)/t17-/m0/s1. The first kappa shape index (κ1) is 15.8. The monoisotopic (exact) mass is 313 g/mol. The Kier molecular flexibility index (Phi) is 5.13. The van der Waals surface area contributed by atoms with Crippen molar-refractivity contribution in [3.05, 3.63) is 47.7 Å². The van der Waals surface area contributed by atoms with Crippen LogP contribution in [0.15, 0.2) is 40.8 Å². The van der Waals surface area contributed by atoms with Gasteiger partial charge in [-0.05, 0) is 31.9 Å². The summed E-state index contributed by atoms with van der Waals surface area (Å²) < 4.78 is 11.3. The Morgan fingerprint density at radius 3 is 2.78 bits per heavy atom. The Morgan fingerprint density at radius 2 is 2.04 bits per heavy atom. The number of carbonyl (C=O) groups excluding carboxylic acids is 1. The number of hydrogen-bond acceptors (Lipinski definition) is 3. The van der Waals surface area contributed by atoms with Crippen molar-refractivity contribution in [1.29, 1.82) is 0 Å². The van der Waals surface area contributed by atoms with Crippen LogP contribution in [-0.4, -0.2) is 25.2 Å². The van der Waals surface area contributed by atoms with Gasteiger partial charge in [0.25, 0.3) is 0 Å². The molecule has 1 aliphatic rings. The molecule has 2 heterocycles. The first-order valence-corrected chi connectivity index (χ1v) is 8.25. The smallest absolute Gasteiger partial charge is 0.220 e. The molecule has 4 heteroatoms.